The van der Waals surface area contributed by atoms with Gasteiger partial charge in [0.1, 0.15) is 15.9 Å². The van der Waals surface area contributed by atoms with Crippen LogP contribution in [0.5, 0.6) is 0 Å². The number of hydrogen-bond donors (Lipinski definition) is 1. The lowest BCUT2D eigenvalue weighted by Gasteiger charge is -2.13. The van der Waals surface area contributed by atoms with Crippen molar-refractivity contribution in [2.24, 2.45) is 0 Å². The van der Waals surface area contributed by atoms with Gasteiger partial charge in [-0.2, -0.15) is 0 Å². The number of fused-ring (bicyclic) bond motifs is 1. The number of halogens is 1. The molecule has 3 heterocycles. The molecule has 96 valence electrons. The number of rotatable bonds is 3. The average Bonchev–Trinajstić information content (AvgIpc) is 2.96. The molecule has 2 aromatic heterocycles. The molecule has 1 aliphatic rings. The normalized spacial score (nSPS) is 16.7. The van der Waals surface area contributed by atoms with Crippen molar-refractivity contribution in [3.63, 3.8) is 0 Å². The van der Waals surface area contributed by atoms with E-state index in [2.05, 4.69) is 30.8 Å². The van der Waals surface area contributed by atoms with Gasteiger partial charge in [-0.15, -0.1) is 0 Å². The second-order valence-corrected chi connectivity index (χ2v) is 5.40. The summed E-state index contributed by atoms with van der Waals surface area (Å²) in [6.45, 7) is 3.50. The number of aromatic nitrogens is 3. The van der Waals surface area contributed by atoms with Crippen molar-refractivity contribution >= 4 is 27.3 Å². The smallest absolute Gasteiger partial charge is 0.150 e. The van der Waals surface area contributed by atoms with Crippen molar-refractivity contribution in [1.82, 2.24) is 19.3 Å². The topological polar surface area (TPSA) is 59.4 Å². The molecule has 0 aliphatic carbocycles. The Morgan fingerprint density at radius 1 is 1.33 bits per heavy atom. The van der Waals surface area contributed by atoms with E-state index in [1.807, 2.05) is 10.6 Å². The summed E-state index contributed by atoms with van der Waals surface area (Å²) in [7, 11) is 0. The number of hydrogen-bond acceptors (Lipinski definition) is 4. The lowest BCUT2D eigenvalue weighted by molar-refractivity contribution is 0.340. The molecule has 2 N–H and O–H groups in total. The monoisotopic (exact) mass is 309 g/mol. The highest BCUT2D eigenvalue weighted by Gasteiger charge is 2.15. The fourth-order valence-corrected chi connectivity index (χ4v) is 3.12. The van der Waals surface area contributed by atoms with Crippen LogP contribution in [0, 0.1) is 0 Å². The van der Waals surface area contributed by atoms with Gasteiger partial charge in [0.05, 0.1) is 0 Å². The Kier molecular flexibility index (Phi) is 3.22. The van der Waals surface area contributed by atoms with E-state index in [9.17, 15) is 0 Å². The Balaban J connectivity index is 1.85. The minimum Gasteiger partial charge on any atom is -0.382 e. The Morgan fingerprint density at radius 3 is 2.89 bits per heavy atom. The van der Waals surface area contributed by atoms with Gasteiger partial charge < -0.3 is 10.6 Å². The SMILES string of the molecule is Nc1nccn2c(CCN3CCCC3)nc(Br)c12. The number of likely N-dealkylation sites (tertiary alicyclic amines) is 1. The molecule has 1 saturated heterocycles. The average molecular weight is 310 g/mol. The van der Waals surface area contributed by atoms with Gasteiger partial charge in [0.25, 0.3) is 0 Å². The van der Waals surface area contributed by atoms with E-state index in [1.165, 1.54) is 25.9 Å². The second kappa shape index (κ2) is 4.85. The second-order valence-electron chi connectivity index (χ2n) is 4.65. The van der Waals surface area contributed by atoms with Crippen LogP contribution >= 0.6 is 15.9 Å². The molecule has 6 heteroatoms. The number of nitrogens with two attached hydrogens (primary N) is 1. The van der Waals surface area contributed by atoms with Gasteiger partial charge in [-0.25, -0.2) is 9.97 Å². The van der Waals surface area contributed by atoms with Gasteiger partial charge in [-0.1, -0.05) is 0 Å². The summed E-state index contributed by atoms with van der Waals surface area (Å²) < 4.78 is 2.81. The first-order valence-corrected chi connectivity index (χ1v) is 7.04. The molecular formula is C12H16BrN5. The molecule has 0 radical (unpaired) electrons. The Labute approximate surface area is 114 Å². The Bertz CT molecular complexity index is 559. The largest absolute Gasteiger partial charge is 0.382 e. The van der Waals surface area contributed by atoms with Crippen LogP contribution in [-0.2, 0) is 6.42 Å². The van der Waals surface area contributed by atoms with Crippen LogP contribution in [0.3, 0.4) is 0 Å². The van der Waals surface area contributed by atoms with Crippen LogP contribution in [0.1, 0.15) is 18.7 Å². The molecule has 3 rings (SSSR count). The first-order valence-electron chi connectivity index (χ1n) is 6.25. The Hall–Kier alpha value is -1.14. The predicted octanol–water partition coefficient (Wildman–Crippen LogP) is 1.71. The summed E-state index contributed by atoms with van der Waals surface area (Å²) >= 11 is 3.46. The van der Waals surface area contributed by atoms with Gasteiger partial charge in [0.2, 0.25) is 0 Å². The fourth-order valence-electron chi connectivity index (χ4n) is 2.52. The third-order valence-electron chi connectivity index (χ3n) is 3.46. The maximum atomic E-state index is 5.88. The van der Waals surface area contributed by atoms with Crippen molar-refractivity contribution in [2.75, 3.05) is 25.4 Å². The van der Waals surface area contributed by atoms with E-state index in [1.54, 1.807) is 6.20 Å². The molecule has 0 amide bonds. The van der Waals surface area contributed by atoms with E-state index in [0.29, 0.717) is 5.82 Å². The minimum atomic E-state index is 0.518. The van der Waals surface area contributed by atoms with Gasteiger partial charge in [0.15, 0.2) is 5.82 Å². The highest BCUT2D eigenvalue weighted by molar-refractivity contribution is 9.10. The summed E-state index contributed by atoms with van der Waals surface area (Å²) in [5, 5.41) is 0. The number of anilines is 1. The van der Waals surface area contributed by atoms with Crippen LogP contribution in [0.25, 0.3) is 5.52 Å². The van der Waals surface area contributed by atoms with E-state index in [4.69, 9.17) is 5.73 Å². The summed E-state index contributed by atoms with van der Waals surface area (Å²) in [5.41, 5.74) is 6.75. The third kappa shape index (κ3) is 2.10. The van der Waals surface area contributed by atoms with Crippen molar-refractivity contribution in [3.05, 3.63) is 22.8 Å². The maximum absolute atomic E-state index is 5.88. The van der Waals surface area contributed by atoms with E-state index in [0.717, 1.165) is 28.9 Å². The molecule has 0 aromatic carbocycles. The van der Waals surface area contributed by atoms with E-state index < -0.39 is 0 Å². The summed E-state index contributed by atoms with van der Waals surface area (Å²) in [6.07, 6.45) is 7.22. The molecular weight excluding hydrogens is 294 g/mol. The highest BCUT2D eigenvalue weighted by Crippen LogP contribution is 2.23. The van der Waals surface area contributed by atoms with Gasteiger partial charge in [-0.05, 0) is 41.9 Å². The quantitative estimate of drug-likeness (QED) is 0.937. The summed E-state index contributed by atoms with van der Waals surface area (Å²) in [6, 6.07) is 0. The molecule has 0 saturated carbocycles. The maximum Gasteiger partial charge on any atom is 0.150 e. The Morgan fingerprint density at radius 2 is 2.11 bits per heavy atom. The van der Waals surface area contributed by atoms with Crippen molar-refractivity contribution in [3.8, 4) is 0 Å². The zero-order chi connectivity index (χ0) is 12.5. The molecule has 1 fully saturated rings. The van der Waals surface area contributed by atoms with E-state index >= 15 is 0 Å². The molecule has 5 nitrogen and oxygen atoms in total. The number of imidazole rings is 1. The molecule has 1 aliphatic heterocycles. The minimum absolute atomic E-state index is 0.518. The van der Waals surface area contributed by atoms with Crippen molar-refractivity contribution in [1.29, 1.82) is 0 Å². The zero-order valence-electron chi connectivity index (χ0n) is 10.1. The third-order valence-corrected chi connectivity index (χ3v) is 4.02. The van der Waals surface area contributed by atoms with Gasteiger partial charge >= 0.3 is 0 Å². The molecule has 2 aromatic rings. The zero-order valence-corrected chi connectivity index (χ0v) is 11.7. The molecule has 0 spiro atoms. The number of nitrogen functional groups attached to an aromatic ring is 1. The summed E-state index contributed by atoms with van der Waals surface area (Å²) in [5.74, 6) is 1.56. The van der Waals surface area contributed by atoms with E-state index in [-0.39, 0.29) is 0 Å². The molecule has 0 unspecified atom stereocenters. The van der Waals surface area contributed by atoms with Crippen LogP contribution in [0.15, 0.2) is 17.0 Å². The van der Waals surface area contributed by atoms with Crippen molar-refractivity contribution < 1.29 is 0 Å². The lowest BCUT2D eigenvalue weighted by Crippen LogP contribution is -2.22. The van der Waals surface area contributed by atoms with Crippen LogP contribution in [0.2, 0.25) is 0 Å². The summed E-state index contributed by atoms with van der Waals surface area (Å²) in [4.78, 5) is 11.1. The first-order chi connectivity index (χ1) is 8.75. The van der Waals surface area contributed by atoms with Crippen LogP contribution in [0.4, 0.5) is 5.82 Å². The number of nitrogens with zero attached hydrogens (tertiary/aromatic N) is 4. The van der Waals surface area contributed by atoms with Crippen LogP contribution in [-0.4, -0.2) is 38.9 Å². The molecule has 0 bridgehead atoms. The van der Waals surface area contributed by atoms with Gasteiger partial charge in [-0.3, -0.25) is 4.40 Å². The first kappa shape index (κ1) is 11.9. The lowest BCUT2D eigenvalue weighted by atomic mass is 10.3. The van der Waals surface area contributed by atoms with Gasteiger partial charge in [0, 0.05) is 25.4 Å². The van der Waals surface area contributed by atoms with Crippen LogP contribution < -0.4 is 5.73 Å². The predicted molar refractivity (Wildman–Crippen MR) is 74.5 cm³/mol. The molecule has 18 heavy (non-hydrogen) atoms. The fraction of sp³-hybridized carbons (Fsp3) is 0.500. The molecule has 0 atom stereocenters. The van der Waals surface area contributed by atoms with Crippen molar-refractivity contribution in [2.45, 2.75) is 19.3 Å². The standard InChI is InChI=1S/C12H16BrN5/c13-11-10-12(14)15-4-8-18(10)9(16-11)3-7-17-5-1-2-6-17/h4,8H,1-3,5-7H2,(H2,14,15). The highest BCUT2D eigenvalue weighted by atomic mass is 79.9.